The largest absolute Gasteiger partial charge is 0.483 e. The summed E-state index contributed by atoms with van der Waals surface area (Å²) in [6.07, 6.45) is 1.87. The van der Waals surface area contributed by atoms with E-state index in [-0.39, 0.29) is 30.7 Å². The monoisotopic (exact) mass is 421 g/mol. The third kappa shape index (κ3) is 5.11. The Bertz CT molecular complexity index is 1140. The summed E-state index contributed by atoms with van der Waals surface area (Å²) < 4.78 is 11.6. The number of carbonyl (C=O) groups is 1. The predicted octanol–water partition coefficient (Wildman–Crippen LogP) is 3.13. The Kier molecular flexibility index (Phi) is 6.32. The number of para-hydroxylation sites is 1. The third-order valence-corrected chi connectivity index (χ3v) is 5.50. The molecule has 7 heteroatoms. The van der Waals surface area contributed by atoms with Crippen LogP contribution in [0.15, 0.2) is 47.3 Å². The van der Waals surface area contributed by atoms with Crippen LogP contribution in [0.2, 0.25) is 0 Å². The van der Waals surface area contributed by atoms with Gasteiger partial charge in [-0.15, -0.1) is 0 Å². The van der Waals surface area contributed by atoms with Crippen LogP contribution in [0.25, 0.3) is 10.9 Å². The highest BCUT2D eigenvalue weighted by molar-refractivity contribution is 5.78. The zero-order valence-corrected chi connectivity index (χ0v) is 17.9. The van der Waals surface area contributed by atoms with Gasteiger partial charge in [0, 0.05) is 13.2 Å². The third-order valence-electron chi connectivity index (χ3n) is 5.50. The minimum absolute atomic E-state index is 0.0168. The summed E-state index contributed by atoms with van der Waals surface area (Å²) in [7, 11) is 0. The number of benzene rings is 2. The Hall–Kier alpha value is -3.19. The molecule has 0 spiro atoms. The predicted molar refractivity (Wildman–Crippen MR) is 118 cm³/mol. The van der Waals surface area contributed by atoms with Crippen LogP contribution in [0, 0.1) is 13.8 Å². The average Bonchev–Trinajstić information content (AvgIpc) is 3.27. The van der Waals surface area contributed by atoms with Crippen LogP contribution in [-0.4, -0.2) is 46.6 Å². The van der Waals surface area contributed by atoms with E-state index in [1.165, 1.54) is 0 Å². The van der Waals surface area contributed by atoms with Crippen molar-refractivity contribution in [3.8, 4) is 5.75 Å². The summed E-state index contributed by atoms with van der Waals surface area (Å²) in [4.78, 5) is 34.5. The van der Waals surface area contributed by atoms with Gasteiger partial charge in [0.15, 0.2) is 6.61 Å². The highest BCUT2D eigenvalue weighted by atomic mass is 16.5. The van der Waals surface area contributed by atoms with E-state index in [4.69, 9.17) is 9.47 Å². The van der Waals surface area contributed by atoms with Crippen LogP contribution < -0.4 is 10.3 Å². The van der Waals surface area contributed by atoms with E-state index in [9.17, 15) is 9.59 Å². The molecule has 0 saturated carbocycles. The number of fused-ring (bicyclic) bond motifs is 1. The fourth-order valence-electron chi connectivity index (χ4n) is 3.77. The maximum absolute atomic E-state index is 13.1. The first-order valence-electron chi connectivity index (χ1n) is 10.6. The Morgan fingerprint density at radius 2 is 2.10 bits per heavy atom. The van der Waals surface area contributed by atoms with Gasteiger partial charge >= 0.3 is 0 Å². The molecular formula is C24H27N3O4. The van der Waals surface area contributed by atoms with Crippen LogP contribution >= 0.6 is 0 Å². The summed E-state index contributed by atoms with van der Waals surface area (Å²) in [5.74, 6) is 0.969. The SMILES string of the molecule is Cc1ccc(C)c(OCC(=O)N(Cc2nc3ccccc3c(=O)[nH]2)C[C@H]2CCCO2)c1. The fourth-order valence-corrected chi connectivity index (χ4v) is 3.77. The number of rotatable bonds is 7. The van der Waals surface area contributed by atoms with Crippen molar-refractivity contribution >= 4 is 16.8 Å². The molecule has 31 heavy (non-hydrogen) atoms. The van der Waals surface area contributed by atoms with Gasteiger partial charge in [0.2, 0.25) is 0 Å². The molecule has 0 unspecified atom stereocenters. The van der Waals surface area contributed by atoms with Gasteiger partial charge in [-0.1, -0.05) is 24.3 Å². The molecular weight excluding hydrogens is 394 g/mol. The minimum Gasteiger partial charge on any atom is -0.483 e. The van der Waals surface area contributed by atoms with Gasteiger partial charge in [-0.3, -0.25) is 9.59 Å². The zero-order valence-electron chi connectivity index (χ0n) is 17.9. The number of H-pyrrole nitrogens is 1. The van der Waals surface area contributed by atoms with Crippen molar-refractivity contribution in [2.45, 2.75) is 39.3 Å². The number of aryl methyl sites for hydroxylation is 2. The number of aromatic amines is 1. The molecule has 1 aliphatic heterocycles. The first-order chi connectivity index (χ1) is 15.0. The zero-order chi connectivity index (χ0) is 21.8. The van der Waals surface area contributed by atoms with Gasteiger partial charge in [0.05, 0.1) is 23.6 Å². The first kappa shape index (κ1) is 21.1. The number of nitrogens with one attached hydrogen (secondary N) is 1. The van der Waals surface area contributed by atoms with Crippen LogP contribution in [0.3, 0.4) is 0 Å². The maximum Gasteiger partial charge on any atom is 0.261 e. The second-order valence-corrected chi connectivity index (χ2v) is 8.00. The van der Waals surface area contributed by atoms with E-state index >= 15 is 0 Å². The lowest BCUT2D eigenvalue weighted by Gasteiger charge is -2.25. The lowest BCUT2D eigenvalue weighted by Crippen LogP contribution is -2.40. The molecule has 162 valence electrons. The molecule has 0 bridgehead atoms. The number of hydrogen-bond acceptors (Lipinski definition) is 5. The Labute approximate surface area is 181 Å². The number of aromatic nitrogens is 2. The molecule has 1 amide bonds. The summed E-state index contributed by atoms with van der Waals surface area (Å²) in [6.45, 7) is 5.18. The van der Waals surface area contributed by atoms with Crippen molar-refractivity contribution in [2.24, 2.45) is 0 Å². The molecule has 1 atom stereocenters. The van der Waals surface area contributed by atoms with Gasteiger partial charge < -0.3 is 19.4 Å². The summed E-state index contributed by atoms with van der Waals surface area (Å²) in [5.41, 5.74) is 2.45. The standard InChI is InChI=1S/C24H27N3O4/c1-16-9-10-17(2)21(12-16)31-15-23(28)27(13-18-6-5-11-30-18)14-22-25-20-8-4-3-7-19(20)24(29)26-22/h3-4,7-10,12,18H,5-6,11,13-15H2,1-2H3,(H,25,26,29)/t18-/m1/s1. The van der Waals surface area contributed by atoms with Crippen LogP contribution in [-0.2, 0) is 16.1 Å². The molecule has 1 aliphatic rings. The number of ether oxygens (including phenoxy) is 2. The molecule has 0 radical (unpaired) electrons. The van der Waals surface area contributed by atoms with E-state index in [0.29, 0.717) is 35.6 Å². The molecule has 0 aliphatic carbocycles. The Balaban J connectivity index is 1.53. The van der Waals surface area contributed by atoms with Crippen molar-refractivity contribution in [1.82, 2.24) is 14.9 Å². The van der Waals surface area contributed by atoms with Gasteiger partial charge in [-0.2, -0.15) is 0 Å². The number of amides is 1. The van der Waals surface area contributed by atoms with Crippen molar-refractivity contribution in [2.75, 3.05) is 19.8 Å². The second-order valence-electron chi connectivity index (χ2n) is 8.00. The molecule has 3 aromatic rings. The summed E-state index contributed by atoms with van der Waals surface area (Å²) in [5, 5.41) is 0.529. The molecule has 2 aromatic carbocycles. The number of hydrogen-bond donors (Lipinski definition) is 1. The van der Waals surface area contributed by atoms with Gasteiger partial charge in [0.1, 0.15) is 11.6 Å². The van der Waals surface area contributed by atoms with E-state index < -0.39 is 0 Å². The van der Waals surface area contributed by atoms with E-state index in [0.717, 1.165) is 24.0 Å². The average molecular weight is 421 g/mol. The highest BCUT2D eigenvalue weighted by Crippen LogP contribution is 2.20. The van der Waals surface area contributed by atoms with Crippen LogP contribution in [0.1, 0.15) is 29.8 Å². The molecule has 1 aromatic heterocycles. The molecule has 1 N–H and O–H groups in total. The van der Waals surface area contributed by atoms with E-state index in [1.54, 1.807) is 23.1 Å². The van der Waals surface area contributed by atoms with Gasteiger partial charge in [-0.25, -0.2) is 4.98 Å². The normalized spacial score (nSPS) is 15.9. The molecule has 4 rings (SSSR count). The van der Waals surface area contributed by atoms with E-state index in [2.05, 4.69) is 9.97 Å². The van der Waals surface area contributed by atoms with Crippen LogP contribution in [0.4, 0.5) is 0 Å². The quantitative estimate of drug-likeness (QED) is 0.634. The number of nitrogens with zero attached hydrogens (tertiary/aromatic N) is 2. The molecule has 7 nitrogen and oxygen atoms in total. The number of carbonyl (C=O) groups excluding carboxylic acids is 1. The minimum atomic E-state index is -0.211. The van der Waals surface area contributed by atoms with Gasteiger partial charge in [-0.05, 0) is 56.0 Å². The van der Waals surface area contributed by atoms with Crippen molar-refractivity contribution in [3.63, 3.8) is 0 Å². The fraction of sp³-hybridized carbons (Fsp3) is 0.375. The second kappa shape index (κ2) is 9.31. The molecule has 1 fully saturated rings. The molecule has 2 heterocycles. The first-order valence-corrected chi connectivity index (χ1v) is 10.6. The lowest BCUT2D eigenvalue weighted by atomic mass is 10.1. The highest BCUT2D eigenvalue weighted by Gasteiger charge is 2.24. The summed E-state index contributed by atoms with van der Waals surface area (Å²) >= 11 is 0. The van der Waals surface area contributed by atoms with Gasteiger partial charge in [0.25, 0.3) is 11.5 Å². The topological polar surface area (TPSA) is 84.5 Å². The summed E-state index contributed by atoms with van der Waals surface area (Å²) in [6, 6.07) is 13.1. The maximum atomic E-state index is 13.1. The van der Waals surface area contributed by atoms with Crippen molar-refractivity contribution in [3.05, 3.63) is 69.8 Å². The smallest absolute Gasteiger partial charge is 0.261 e. The Morgan fingerprint density at radius 3 is 2.90 bits per heavy atom. The van der Waals surface area contributed by atoms with E-state index in [1.807, 2.05) is 38.1 Å². The van der Waals surface area contributed by atoms with Crippen LogP contribution in [0.5, 0.6) is 5.75 Å². The Morgan fingerprint density at radius 1 is 1.26 bits per heavy atom. The van der Waals surface area contributed by atoms with Crippen molar-refractivity contribution in [1.29, 1.82) is 0 Å². The lowest BCUT2D eigenvalue weighted by molar-refractivity contribution is -0.135. The van der Waals surface area contributed by atoms with Crippen molar-refractivity contribution < 1.29 is 14.3 Å². The molecule has 1 saturated heterocycles.